The van der Waals surface area contributed by atoms with Crippen LogP contribution in [0.2, 0.25) is 5.02 Å². The minimum absolute atomic E-state index is 0.187. The van der Waals surface area contributed by atoms with Gasteiger partial charge in [0.05, 0.1) is 22.0 Å². The molecule has 0 fully saturated rings. The fraction of sp³-hybridized carbons (Fsp3) is 0.143. The molecule has 5 heteroatoms. The number of hydrogen-bond donors (Lipinski definition) is 2. The summed E-state index contributed by atoms with van der Waals surface area (Å²) in [5.74, 6) is -0.187. The van der Waals surface area contributed by atoms with Gasteiger partial charge in [-0.3, -0.25) is 9.78 Å². The van der Waals surface area contributed by atoms with Crippen molar-refractivity contribution in [3.63, 3.8) is 0 Å². The number of aryl methyl sites for hydroxylation is 1. The average molecular weight is 274 g/mol. The van der Waals surface area contributed by atoms with E-state index in [1.54, 1.807) is 6.07 Å². The monoisotopic (exact) mass is 273 g/mol. The minimum atomic E-state index is -0.335. The summed E-state index contributed by atoms with van der Waals surface area (Å²) in [6.45, 7) is 1.92. The zero-order chi connectivity index (χ0) is 13.4. The third-order valence-corrected chi connectivity index (χ3v) is 3.34. The molecule has 1 atom stereocenters. The smallest absolute Gasteiger partial charge is 0.256 e. The fourth-order valence-electron chi connectivity index (χ4n) is 2.14. The number of pyridine rings is 1. The van der Waals surface area contributed by atoms with Gasteiger partial charge in [0.15, 0.2) is 0 Å². The molecule has 0 spiro atoms. The number of rotatable bonds is 1. The maximum atomic E-state index is 12.1. The van der Waals surface area contributed by atoms with E-state index >= 15 is 0 Å². The highest BCUT2D eigenvalue weighted by atomic mass is 35.5. The Morgan fingerprint density at radius 1 is 1.16 bits per heavy atom. The second-order valence-corrected chi connectivity index (χ2v) is 4.82. The first-order valence-electron chi connectivity index (χ1n) is 5.94. The van der Waals surface area contributed by atoms with Gasteiger partial charge in [0.25, 0.3) is 5.91 Å². The fourth-order valence-corrected chi connectivity index (χ4v) is 2.40. The Bertz CT molecular complexity index is 657. The van der Waals surface area contributed by atoms with Crippen molar-refractivity contribution in [1.29, 1.82) is 0 Å². The SMILES string of the molecule is Cc1cccc(C2NC(=O)c3c(Cl)cccc3N2)n1. The Kier molecular flexibility index (Phi) is 2.87. The first kappa shape index (κ1) is 12.0. The highest BCUT2D eigenvalue weighted by Crippen LogP contribution is 2.30. The standard InChI is InChI=1S/C14H12ClN3O/c1-8-4-2-7-11(16-8)13-17-10-6-3-5-9(15)12(10)14(19)18-13/h2-7,13,17H,1H3,(H,18,19). The van der Waals surface area contributed by atoms with Crippen molar-refractivity contribution in [1.82, 2.24) is 10.3 Å². The third kappa shape index (κ3) is 2.15. The van der Waals surface area contributed by atoms with Crippen molar-refractivity contribution >= 4 is 23.2 Å². The molecule has 0 bridgehead atoms. The number of aromatic nitrogens is 1. The third-order valence-electron chi connectivity index (χ3n) is 3.02. The lowest BCUT2D eigenvalue weighted by Crippen LogP contribution is -2.39. The molecule has 0 radical (unpaired) electrons. The summed E-state index contributed by atoms with van der Waals surface area (Å²) in [6, 6.07) is 11.1. The van der Waals surface area contributed by atoms with Gasteiger partial charge in [-0.25, -0.2) is 0 Å². The van der Waals surface area contributed by atoms with Crippen molar-refractivity contribution in [3.8, 4) is 0 Å². The first-order valence-corrected chi connectivity index (χ1v) is 6.32. The summed E-state index contributed by atoms with van der Waals surface area (Å²) >= 11 is 6.04. The molecule has 1 amide bonds. The summed E-state index contributed by atoms with van der Waals surface area (Å²) in [7, 11) is 0. The number of halogens is 1. The molecule has 1 aromatic heterocycles. The van der Waals surface area contributed by atoms with Crippen molar-refractivity contribution in [2.24, 2.45) is 0 Å². The maximum absolute atomic E-state index is 12.1. The van der Waals surface area contributed by atoms with E-state index in [0.717, 1.165) is 17.1 Å². The van der Waals surface area contributed by atoms with Crippen molar-refractivity contribution < 1.29 is 4.79 Å². The summed E-state index contributed by atoms with van der Waals surface area (Å²) < 4.78 is 0. The Hall–Kier alpha value is -2.07. The van der Waals surface area contributed by atoms with Crippen molar-refractivity contribution in [3.05, 3.63) is 58.4 Å². The molecule has 0 aliphatic carbocycles. The van der Waals surface area contributed by atoms with Gasteiger partial charge in [-0.2, -0.15) is 0 Å². The number of fused-ring (bicyclic) bond motifs is 1. The van der Waals surface area contributed by atoms with Gasteiger partial charge in [0.1, 0.15) is 6.17 Å². The van der Waals surface area contributed by atoms with Crippen LogP contribution in [0.15, 0.2) is 36.4 Å². The van der Waals surface area contributed by atoms with Crippen LogP contribution in [0.3, 0.4) is 0 Å². The van der Waals surface area contributed by atoms with Gasteiger partial charge in [-0.15, -0.1) is 0 Å². The Balaban J connectivity index is 2.00. The molecular weight excluding hydrogens is 262 g/mol. The van der Waals surface area contributed by atoms with E-state index in [-0.39, 0.29) is 12.1 Å². The van der Waals surface area contributed by atoms with E-state index in [4.69, 9.17) is 11.6 Å². The maximum Gasteiger partial charge on any atom is 0.256 e. The van der Waals surface area contributed by atoms with Gasteiger partial charge >= 0.3 is 0 Å². The van der Waals surface area contributed by atoms with Crippen LogP contribution >= 0.6 is 11.6 Å². The van der Waals surface area contributed by atoms with Crippen LogP contribution in [0.5, 0.6) is 0 Å². The number of nitrogens with one attached hydrogen (secondary N) is 2. The zero-order valence-electron chi connectivity index (χ0n) is 10.3. The molecule has 0 saturated carbocycles. The number of carbonyl (C=O) groups is 1. The molecule has 3 rings (SSSR count). The van der Waals surface area contributed by atoms with Crippen LogP contribution in [-0.2, 0) is 0 Å². The molecule has 2 heterocycles. The van der Waals surface area contributed by atoms with Gasteiger partial charge in [0.2, 0.25) is 0 Å². The molecule has 0 saturated heterocycles. The van der Waals surface area contributed by atoms with E-state index in [0.29, 0.717) is 10.6 Å². The van der Waals surface area contributed by atoms with Crippen LogP contribution in [-0.4, -0.2) is 10.9 Å². The molecule has 2 aromatic rings. The number of benzene rings is 1. The first-order chi connectivity index (χ1) is 9.15. The van der Waals surface area contributed by atoms with E-state index in [1.807, 2.05) is 37.3 Å². The molecule has 1 aromatic carbocycles. The Morgan fingerprint density at radius 3 is 2.74 bits per heavy atom. The quantitative estimate of drug-likeness (QED) is 0.840. The summed E-state index contributed by atoms with van der Waals surface area (Å²) in [5.41, 5.74) is 2.89. The van der Waals surface area contributed by atoms with Crippen LogP contribution in [0.1, 0.15) is 27.9 Å². The molecule has 19 heavy (non-hydrogen) atoms. The normalized spacial score (nSPS) is 17.4. The van der Waals surface area contributed by atoms with Gasteiger partial charge in [0, 0.05) is 5.69 Å². The molecule has 96 valence electrons. The summed E-state index contributed by atoms with van der Waals surface area (Å²) in [6.07, 6.45) is -0.335. The number of anilines is 1. The van der Waals surface area contributed by atoms with E-state index in [9.17, 15) is 4.79 Å². The van der Waals surface area contributed by atoms with Gasteiger partial charge in [-0.05, 0) is 31.2 Å². The zero-order valence-corrected chi connectivity index (χ0v) is 11.0. The van der Waals surface area contributed by atoms with E-state index in [2.05, 4.69) is 15.6 Å². The number of amides is 1. The number of nitrogens with zero attached hydrogens (tertiary/aromatic N) is 1. The summed E-state index contributed by atoms with van der Waals surface area (Å²) in [4.78, 5) is 16.5. The molecule has 4 nitrogen and oxygen atoms in total. The Morgan fingerprint density at radius 2 is 1.95 bits per heavy atom. The van der Waals surface area contributed by atoms with Crippen LogP contribution in [0.25, 0.3) is 0 Å². The van der Waals surface area contributed by atoms with Gasteiger partial charge in [-0.1, -0.05) is 23.7 Å². The molecule has 1 aliphatic rings. The van der Waals surface area contributed by atoms with Gasteiger partial charge < -0.3 is 10.6 Å². The molecule has 1 aliphatic heterocycles. The highest BCUT2D eigenvalue weighted by molar-refractivity contribution is 6.34. The molecule has 1 unspecified atom stereocenters. The lowest BCUT2D eigenvalue weighted by molar-refractivity contribution is 0.0935. The average Bonchev–Trinajstić information content (AvgIpc) is 2.38. The predicted octanol–water partition coefficient (Wildman–Crippen LogP) is 2.90. The largest absolute Gasteiger partial charge is 0.360 e. The molecular formula is C14H12ClN3O. The highest BCUT2D eigenvalue weighted by Gasteiger charge is 2.27. The van der Waals surface area contributed by atoms with E-state index in [1.165, 1.54) is 0 Å². The number of carbonyl (C=O) groups excluding carboxylic acids is 1. The minimum Gasteiger partial charge on any atom is -0.360 e. The number of hydrogen-bond acceptors (Lipinski definition) is 3. The summed E-state index contributed by atoms with van der Waals surface area (Å²) in [5, 5.41) is 6.54. The van der Waals surface area contributed by atoms with Crippen molar-refractivity contribution in [2.45, 2.75) is 13.1 Å². The van der Waals surface area contributed by atoms with E-state index < -0.39 is 0 Å². The Labute approximate surface area is 115 Å². The van der Waals surface area contributed by atoms with Crippen LogP contribution in [0, 0.1) is 6.92 Å². The lowest BCUT2D eigenvalue weighted by Gasteiger charge is -2.28. The van der Waals surface area contributed by atoms with Crippen molar-refractivity contribution in [2.75, 3.05) is 5.32 Å². The van der Waals surface area contributed by atoms with Crippen LogP contribution in [0.4, 0.5) is 5.69 Å². The predicted molar refractivity (Wildman–Crippen MR) is 74.3 cm³/mol. The van der Waals surface area contributed by atoms with Crippen LogP contribution < -0.4 is 10.6 Å². The molecule has 2 N–H and O–H groups in total. The topological polar surface area (TPSA) is 54.0 Å². The second-order valence-electron chi connectivity index (χ2n) is 4.42. The second kappa shape index (κ2) is 4.55. The lowest BCUT2D eigenvalue weighted by atomic mass is 10.1.